The van der Waals surface area contributed by atoms with Crippen LogP contribution in [0.5, 0.6) is 0 Å². The minimum Gasteiger partial charge on any atom is -0.329 e. The maximum Gasteiger partial charge on any atom is 0.226 e. The molecule has 3 saturated heterocycles. The van der Waals surface area contributed by atoms with Crippen LogP contribution < -0.4 is 4.90 Å². The van der Waals surface area contributed by atoms with Crippen molar-refractivity contribution in [2.24, 2.45) is 5.92 Å². The van der Waals surface area contributed by atoms with Gasteiger partial charge in [0.2, 0.25) is 5.91 Å². The molecule has 3 nitrogen and oxygen atoms in total. The molecule has 0 saturated carbocycles. The Labute approximate surface area is 109 Å². The number of nitrogens with zero attached hydrogens (tertiary/aromatic N) is 1. The number of piperidine rings is 3. The third-order valence-electron chi connectivity index (χ3n) is 5.60. The van der Waals surface area contributed by atoms with Crippen LogP contribution in [0.3, 0.4) is 0 Å². The van der Waals surface area contributed by atoms with E-state index in [1.54, 1.807) is 5.57 Å². The van der Waals surface area contributed by atoms with Crippen molar-refractivity contribution in [3.8, 4) is 0 Å². The zero-order valence-electron chi connectivity index (χ0n) is 11.0. The molecule has 18 heavy (non-hydrogen) atoms. The maximum absolute atomic E-state index is 12.1. The van der Waals surface area contributed by atoms with Gasteiger partial charge < -0.3 is 9.80 Å². The van der Waals surface area contributed by atoms with Gasteiger partial charge in [0.15, 0.2) is 0 Å². The average Bonchev–Trinajstić information content (AvgIpc) is 2.41. The second-order valence-corrected chi connectivity index (χ2v) is 6.51. The Morgan fingerprint density at radius 1 is 1.11 bits per heavy atom. The number of amides is 1. The molecule has 1 amide bonds. The van der Waals surface area contributed by atoms with Crippen molar-refractivity contribution < 1.29 is 9.69 Å². The molecule has 0 radical (unpaired) electrons. The van der Waals surface area contributed by atoms with Crippen LogP contribution >= 0.6 is 0 Å². The highest BCUT2D eigenvalue weighted by molar-refractivity contribution is 5.78. The largest absolute Gasteiger partial charge is 0.329 e. The molecule has 0 aromatic rings. The number of carbonyl (C=O) groups is 1. The van der Waals surface area contributed by atoms with Crippen LogP contribution in [0.2, 0.25) is 0 Å². The van der Waals surface area contributed by atoms with Crippen molar-refractivity contribution in [1.82, 2.24) is 4.90 Å². The molecule has 3 fully saturated rings. The van der Waals surface area contributed by atoms with E-state index in [9.17, 15) is 4.79 Å². The first-order chi connectivity index (χ1) is 8.84. The highest BCUT2D eigenvalue weighted by atomic mass is 16.2. The van der Waals surface area contributed by atoms with Gasteiger partial charge in [0.25, 0.3) is 0 Å². The van der Waals surface area contributed by atoms with Crippen LogP contribution in [0, 0.1) is 5.92 Å². The zero-order valence-corrected chi connectivity index (χ0v) is 11.0. The van der Waals surface area contributed by atoms with Crippen LogP contribution in [0.15, 0.2) is 11.8 Å². The molecule has 0 aromatic heterocycles. The summed E-state index contributed by atoms with van der Waals surface area (Å²) in [6, 6.07) is 1.30. The fourth-order valence-electron chi connectivity index (χ4n) is 4.92. The monoisotopic (exact) mass is 247 g/mol. The molecular formula is C15H23N2O+. The number of carbonyl (C=O) groups excluding carboxylic acids is 1. The number of hydrogen-bond donors (Lipinski definition) is 1. The Morgan fingerprint density at radius 3 is 2.94 bits per heavy atom. The zero-order chi connectivity index (χ0) is 12.1. The van der Waals surface area contributed by atoms with E-state index in [0.29, 0.717) is 11.9 Å². The van der Waals surface area contributed by atoms with Gasteiger partial charge in [0, 0.05) is 36.6 Å². The van der Waals surface area contributed by atoms with Gasteiger partial charge in [-0.25, -0.2) is 0 Å². The lowest BCUT2D eigenvalue weighted by atomic mass is 9.72. The number of nitrogens with one attached hydrogen (secondary N) is 1. The summed E-state index contributed by atoms with van der Waals surface area (Å²) in [5.41, 5.74) is 1.59. The topological polar surface area (TPSA) is 24.8 Å². The minimum atomic E-state index is 0.384. The molecule has 0 aromatic carbocycles. The highest BCUT2D eigenvalue weighted by Gasteiger charge is 2.49. The number of hydrogen-bond acceptors (Lipinski definition) is 1. The van der Waals surface area contributed by atoms with Gasteiger partial charge in [-0.3, -0.25) is 4.79 Å². The smallest absolute Gasteiger partial charge is 0.226 e. The van der Waals surface area contributed by atoms with Crippen molar-refractivity contribution in [3.63, 3.8) is 0 Å². The van der Waals surface area contributed by atoms with E-state index in [2.05, 4.69) is 11.1 Å². The third kappa shape index (κ3) is 1.49. The molecule has 1 N–H and O–H groups in total. The average molecular weight is 247 g/mol. The molecule has 0 aliphatic carbocycles. The molecule has 4 heterocycles. The lowest BCUT2D eigenvalue weighted by Gasteiger charge is -2.52. The van der Waals surface area contributed by atoms with Crippen LogP contribution in [-0.2, 0) is 4.79 Å². The summed E-state index contributed by atoms with van der Waals surface area (Å²) in [7, 11) is 0. The second-order valence-electron chi connectivity index (χ2n) is 6.51. The van der Waals surface area contributed by atoms with Gasteiger partial charge in [-0.1, -0.05) is 0 Å². The van der Waals surface area contributed by atoms with Gasteiger partial charge in [0.05, 0.1) is 13.1 Å². The van der Waals surface area contributed by atoms with Gasteiger partial charge >= 0.3 is 0 Å². The summed E-state index contributed by atoms with van der Waals surface area (Å²) in [6.07, 6.45) is 10.7. The number of quaternary nitrogens is 1. The molecule has 3 heteroatoms. The molecule has 4 aliphatic rings. The van der Waals surface area contributed by atoms with E-state index in [4.69, 9.17) is 0 Å². The van der Waals surface area contributed by atoms with Crippen LogP contribution in [0.4, 0.5) is 0 Å². The van der Waals surface area contributed by atoms with E-state index < -0.39 is 0 Å². The van der Waals surface area contributed by atoms with Gasteiger partial charge in [-0.2, -0.15) is 0 Å². The summed E-state index contributed by atoms with van der Waals surface area (Å²) in [5.74, 6) is 1.15. The SMILES string of the molecule is O=C1CCCC2C3CCC[NH+]4CCCC(=CN12)C34. The first-order valence-corrected chi connectivity index (χ1v) is 7.71. The van der Waals surface area contributed by atoms with Crippen LogP contribution in [0.1, 0.15) is 44.9 Å². The fraction of sp³-hybridized carbons (Fsp3) is 0.800. The minimum absolute atomic E-state index is 0.384. The fourth-order valence-corrected chi connectivity index (χ4v) is 4.92. The third-order valence-corrected chi connectivity index (χ3v) is 5.60. The van der Waals surface area contributed by atoms with Crippen LogP contribution in [-0.4, -0.2) is 36.0 Å². The Bertz CT molecular complexity index is 401. The predicted molar refractivity (Wildman–Crippen MR) is 69.0 cm³/mol. The molecular weight excluding hydrogens is 224 g/mol. The molecule has 0 bridgehead atoms. The standard InChI is InChI=1S/C15H22N2O/c18-14-7-1-6-13-12-5-3-9-16-8-2-4-11(15(12)16)10-17(13)14/h10,12-13,15H,1-9H2/p+1. The Balaban J connectivity index is 1.74. The van der Waals surface area contributed by atoms with Gasteiger partial charge in [-0.05, 0) is 32.1 Å². The van der Waals surface area contributed by atoms with E-state index in [-0.39, 0.29) is 0 Å². The normalized spacial score (nSPS) is 43.0. The molecule has 98 valence electrons. The van der Waals surface area contributed by atoms with E-state index >= 15 is 0 Å². The van der Waals surface area contributed by atoms with E-state index in [1.807, 2.05) is 4.90 Å². The lowest BCUT2D eigenvalue weighted by Crippen LogP contribution is -3.19. The summed E-state index contributed by atoms with van der Waals surface area (Å²) in [6.45, 7) is 2.72. The van der Waals surface area contributed by atoms with E-state index in [0.717, 1.165) is 24.8 Å². The second kappa shape index (κ2) is 4.09. The van der Waals surface area contributed by atoms with Gasteiger partial charge in [0.1, 0.15) is 6.04 Å². The first-order valence-electron chi connectivity index (χ1n) is 7.71. The summed E-state index contributed by atoms with van der Waals surface area (Å²) < 4.78 is 0. The van der Waals surface area contributed by atoms with Crippen molar-refractivity contribution in [2.45, 2.75) is 57.0 Å². The summed E-state index contributed by atoms with van der Waals surface area (Å²) >= 11 is 0. The Kier molecular flexibility index (Phi) is 2.51. The van der Waals surface area contributed by atoms with Gasteiger partial charge in [-0.15, -0.1) is 0 Å². The molecule has 4 unspecified atom stereocenters. The summed E-state index contributed by atoms with van der Waals surface area (Å²) in [4.78, 5) is 16.1. The van der Waals surface area contributed by atoms with Crippen molar-refractivity contribution in [1.29, 1.82) is 0 Å². The number of fused-ring (bicyclic) bond motifs is 2. The number of rotatable bonds is 0. The Hall–Kier alpha value is -0.830. The van der Waals surface area contributed by atoms with Crippen molar-refractivity contribution in [2.75, 3.05) is 13.1 Å². The molecule has 4 aliphatic heterocycles. The highest BCUT2D eigenvalue weighted by Crippen LogP contribution is 2.38. The van der Waals surface area contributed by atoms with Crippen molar-refractivity contribution in [3.05, 3.63) is 11.8 Å². The molecule has 0 spiro atoms. The van der Waals surface area contributed by atoms with Crippen molar-refractivity contribution >= 4 is 5.91 Å². The van der Waals surface area contributed by atoms with Crippen LogP contribution in [0.25, 0.3) is 0 Å². The molecule has 4 rings (SSSR count). The predicted octanol–water partition coefficient (Wildman–Crippen LogP) is 0.722. The lowest BCUT2D eigenvalue weighted by molar-refractivity contribution is -0.933. The maximum atomic E-state index is 12.1. The Morgan fingerprint density at radius 2 is 2.00 bits per heavy atom. The first kappa shape index (κ1) is 11.0. The van der Waals surface area contributed by atoms with E-state index in [1.165, 1.54) is 45.2 Å². The molecule has 4 atom stereocenters. The summed E-state index contributed by atoms with van der Waals surface area (Å²) in [5, 5.41) is 0. The quantitative estimate of drug-likeness (QED) is 0.670.